The molecule has 0 saturated heterocycles. The normalized spacial score (nSPS) is 10.6. The SMILES string of the molecule is CC(=O)[O-].CC[N+](CC)(CC)c1ccc(-c2ccccc2)cc1. The van der Waals surface area contributed by atoms with Gasteiger partial charge in [-0.3, -0.25) is 4.48 Å². The summed E-state index contributed by atoms with van der Waals surface area (Å²) in [5.74, 6) is -1.08. The van der Waals surface area contributed by atoms with Crippen LogP contribution in [0.25, 0.3) is 11.1 Å². The highest BCUT2D eigenvalue weighted by Gasteiger charge is 2.23. The molecule has 0 spiro atoms. The molecule has 2 aromatic rings. The molecule has 0 amide bonds. The number of aliphatic carboxylic acids is 1. The molecule has 0 bridgehead atoms. The van der Waals surface area contributed by atoms with Crippen LogP contribution >= 0.6 is 0 Å². The lowest BCUT2D eigenvalue weighted by Gasteiger charge is -2.35. The Labute approximate surface area is 139 Å². The zero-order chi connectivity index (χ0) is 17.3. The fraction of sp³-hybridized carbons (Fsp3) is 0.350. The molecule has 23 heavy (non-hydrogen) atoms. The molecule has 0 heterocycles. The number of hydrogen-bond donors (Lipinski definition) is 0. The van der Waals surface area contributed by atoms with E-state index in [0.717, 1.165) is 31.0 Å². The molecule has 3 heteroatoms. The third kappa shape index (κ3) is 5.22. The quantitative estimate of drug-likeness (QED) is 0.793. The van der Waals surface area contributed by atoms with Crippen molar-refractivity contribution in [2.45, 2.75) is 27.7 Å². The Balaban J connectivity index is 0.000000593. The maximum Gasteiger partial charge on any atom is 0.132 e. The second-order valence-electron chi connectivity index (χ2n) is 5.50. The van der Waals surface area contributed by atoms with Crippen LogP contribution in [0.15, 0.2) is 54.6 Å². The fourth-order valence-electron chi connectivity index (χ4n) is 2.82. The standard InChI is InChI=1S/C18H24N.C2H4O2/c1-4-19(5-2,6-3)18-14-12-17(13-15-18)16-10-8-7-9-11-16;1-2(3)4/h7-15H,4-6H2,1-3H3;1H3,(H,3,4)/q+1;/p-1. The number of benzene rings is 2. The molecule has 2 aromatic carbocycles. The van der Waals surface area contributed by atoms with Gasteiger partial charge >= 0.3 is 0 Å². The maximum atomic E-state index is 8.89. The van der Waals surface area contributed by atoms with Gasteiger partial charge in [-0.25, -0.2) is 0 Å². The molecule has 124 valence electrons. The lowest BCUT2D eigenvalue weighted by molar-refractivity contribution is -0.302. The third-order valence-corrected chi connectivity index (χ3v) is 4.34. The highest BCUT2D eigenvalue weighted by atomic mass is 16.4. The Bertz CT molecular complexity index is 575. The summed E-state index contributed by atoms with van der Waals surface area (Å²) in [5.41, 5.74) is 4.01. The molecule has 0 unspecified atom stereocenters. The van der Waals surface area contributed by atoms with E-state index in [1.165, 1.54) is 16.8 Å². The molecule has 0 aliphatic carbocycles. The van der Waals surface area contributed by atoms with Crippen LogP contribution in [0.3, 0.4) is 0 Å². The minimum absolute atomic E-state index is 0.972. The lowest BCUT2D eigenvalue weighted by Crippen LogP contribution is -2.48. The predicted octanol–water partition coefficient (Wildman–Crippen LogP) is 3.48. The predicted molar refractivity (Wildman–Crippen MR) is 96.0 cm³/mol. The zero-order valence-electron chi connectivity index (χ0n) is 14.6. The summed E-state index contributed by atoms with van der Waals surface area (Å²) in [4.78, 5) is 8.89. The Hall–Kier alpha value is -2.13. The summed E-state index contributed by atoms with van der Waals surface area (Å²) in [6.07, 6.45) is 0. The minimum Gasteiger partial charge on any atom is -0.550 e. The number of nitrogens with zero attached hydrogens (tertiary/aromatic N) is 1. The monoisotopic (exact) mass is 313 g/mol. The zero-order valence-corrected chi connectivity index (χ0v) is 14.6. The van der Waals surface area contributed by atoms with Crippen LogP contribution in [0.4, 0.5) is 5.69 Å². The number of quaternary nitrogens is 1. The van der Waals surface area contributed by atoms with Crippen molar-refractivity contribution in [2.75, 3.05) is 19.6 Å². The summed E-state index contributed by atoms with van der Waals surface area (Å²) in [5, 5.41) is 8.89. The van der Waals surface area contributed by atoms with Gasteiger partial charge in [-0.2, -0.15) is 0 Å². The number of carboxylic acid groups (broad SMARTS) is 1. The van der Waals surface area contributed by atoms with Crippen LogP contribution in [0, 0.1) is 0 Å². The third-order valence-electron chi connectivity index (χ3n) is 4.34. The Morgan fingerprint density at radius 3 is 1.61 bits per heavy atom. The molecule has 3 nitrogen and oxygen atoms in total. The Kier molecular flexibility index (Phi) is 7.49. The largest absolute Gasteiger partial charge is 0.550 e. The van der Waals surface area contributed by atoms with Crippen molar-refractivity contribution in [3.05, 3.63) is 54.6 Å². The molecular formula is C20H27NO2. The van der Waals surface area contributed by atoms with E-state index in [1.807, 2.05) is 0 Å². The summed E-state index contributed by atoms with van der Waals surface area (Å²) >= 11 is 0. The van der Waals surface area contributed by atoms with Crippen LogP contribution in [-0.4, -0.2) is 25.6 Å². The van der Waals surface area contributed by atoms with Gasteiger partial charge in [-0.1, -0.05) is 30.3 Å². The lowest BCUT2D eigenvalue weighted by atomic mass is 10.0. The van der Waals surface area contributed by atoms with E-state index in [0.29, 0.717) is 0 Å². The van der Waals surface area contributed by atoms with Crippen LogP contribution in [0.1, 0.15) is 27.7 Å². The maximum absolute atomic E-state index is 8.89. The van der Waals surface area contributed by atoms with Crippen LogP contribution < -0.4 is 9.59 Å². The highest BCUT2D eigenvalue weighted by molar-refractivity contribution is 5.65. The average Bonchev–Trinajstić information content (AvgIpc) is 2.58. The summed E-state index contributed by atoms with van der Waals surface area (Å²) in [6, 6.07) is 19.6. The van der Waals surface area contributed by atoms with Gasteiger partial charge in [0, 0.05) is 5.97 Å². The van der Waals surface area contributed by atoms with Crippen molar-refractivity contribution in [1.82, 2.24) is 4.48 Å². The van der Waals surface area contributed by atoms with Gasteiger partial charge in [-0.05, 0) is 63.1 Å². The first-order chi connectivity index (χ1) is 11.0. The van der Waals surface area contributed by atoms with Gasteiger partial charge in [0.05, 0.1) is 19.6 Å². The average molecular weight is 313 g/mol. The van der Waals surface area contributed by atoms with Gasteiger partial charge in [0.1, 0.15) is 5.69 Å². The van der Waals surface area contributed by atoms with Gasteiger partial charge in [0.2, 0.25) is 0 Å². The van der Waals surface area contributed by atoms with Gasteiger partial charge in [0.25, 0.3) is 0 Å². The van der Waals surface area contributed by atoms with Crippen LogP contribution in [0.2, 0.25) is 0 Å². The molecule has 0 fully saturated rings. The Morgan fingerprint density at radius 2 is 1.22 bits per heavy atom. The van der Waals surface area contributed by atoms with E-state index in [1.54, 1.807) is 0 Å². The summed E-state index contributed by atoms with van der Waals surface area (Å²) < 4.78 is 1.06. The van der Waals surface area contributed by atoms with E-state index < -0.39 is 5.97 Å². The minimum atomic E-state index is -1.08. The molecule has 2 rings (SSSR count). The first-order valence-electron chi connectivity index (χ1n) is 8.18. The van der Waals surface area contributed by atoms with Crippen molar-refractivity contribution in [3.8, 4) is 11.1 Å². The van der Waals surface area contributed by atoms with Crippen molar-refractivity contribution in [3.63, 3.8) is 0 Å². The van der Waals surface area contributed by atoms with Crippen molar-refractivity contribution in [1.29, 1.82) is 0 Å². The summed E-state index contributed by atoms with van der Waals surface area (Å²) in [6.45, 7) is 11.3. The molecular weight excluding hydrogens is 286 g/mol. The molecule has 0 atom stereocenters. The van der Waals surface area contributed by atoms with E-state index in [4.69, 9.17) is 9.90 Å². The molecule has 0 aliphatic rings. The van der Waals surface area contributed by atoms with Crippen molar-refractivity contribution >= 4 is 11.7 Å². The van der Waals surface area contributed by atoms with E-state index in [2.05, 4.69) is 75.4 Å². The van der Waals surface area contributed by atoms with Crippen LogP contribution in [0.5, 0.6) is 0 Å². The summed E-state index contributed by atoms with van der Waals surface area (Å²) in [7, 11) is 0. The highest BCUT2D eigenvalue weighted by Crippen LogP contribution is 2.27. The first kappa shape index (κ1) is 18.9. The smallest absolute Gasteiger partial charge is 0.132 e. The topological polar surface area (TPSA) is 40.1 Å². The fourth-order valence-corrected chi connectivity index (χ4v) is 2.82. The van der Waals surface area contributed by atoms with Crippen LogP contribution in [-0.2, 0) is 4.79 Å². The van der Waals surface area contributed by atoms with E-state index >= 15 is 0 Å². The number of carbonyl (C=O) groups is 1. The second-order valence-corrected chi connectivity index (χ2v) is 5.50. The molecule has 0 aromatic heterocycles. The van der Waals surface area contributed by atoms with Gasteiger partial charge in [0.15, 0.2) is 0 Å². The number of rotatable bonds is 5. The first-order valence-corrected chi connectivity index (χ1v) is 8.18. The van der Waals surface area contributed by atoms with Crippen molar-refractivity contribution < 1.29 is 9.90 Å². The molecule has 0 saturated carbocycles. The Morgan fingerprint density at radius 1 is 0.826 bits per heavy atom. The van der Waals surface area contributed by atoms with E-state index in [-0.39, 0.29) is 0 Å². The number of carboxylic acids is 1. The number of hydrogen-bond acceptors (Lipinski definition) is 2. The molecule has 0 radical (unpaired) electrons. The second kappa shape index (κ2) is 9.11. The molecule has 0 N–H and O–H groups in total. The van der Waals surface area contributed by atoms with Crippen molar-refractivity contribution in [2.24, 2.45) is 0 Å². The van der Waals surface area contributed by atoms with Gasteiger partial charge in [-0.15, -0.1) is 0 Å². The van der Waals surface area contributed by atoms with Gasteiger partial charge < -0.3 is 9.90 Å². The van der Waals surface area contributed by atoms with E-state index in [9.17, 15) is 0 Å². The molecule has 0 aliphatic heterocycles. The number of carbonyl (C=O) groups excluding carboxylic acids is 1.